The number of carbonyl (C=O) groups excluding carboxylic acids is 3. The smallest absolute Gasteiger partial charge is 0.338 e. The molecule has 1 unspecified atom stereocenters. The first-order valence-electron chi connectivity index (χ1n) is 10.2. The van der Waals surface area contributed by atoms with E-state index in [0.717, 1.165) is 24.2 Å². The number of nitriles is 1. The summed E-state index contributed by atoms with van der Waals surface area (Å²) in [5, 5.41) is 11.7. The Balaban J connectivity index is 1.89. The maximum atomic E-state index is 12.4. The van der Waals surface area contributed by atoms with Crippen LogP contribution in [-0.2, 0) is 14.3 Å². The van der Waals surface area contributed by atoms with Crippen LogP contribution in [0.4, 0.5) is 5.69 Å². The molecule has 1 N–H and O–H groups in total. The third kappa shape index (κ3) is 5.10. The minimum absolute atomic E-state index is 0.0806. The molecule has 2 aromatic carbocycles. The fourth-order valence-electron chi connectivity index (χ4n) is 3.27. The molecular weight excluding hydrogens is 396 g/mol. The van der Waals surface area contributed by atoms with Crippen molar-refractivity contribution in [3.63, 3.8) is 0 Å². The van der Waals surface area contributed by atoms with Gasteiger partial charge in [-0.15, -0.1) is 0 Å². The van der Waals surface area contributed by atoms with E-state index in [4.69, 9.17) is 14.7 Å². The van der Waals surface area contributed by atoms with Gasteiger partial charge in [-0.25, -0.2) is 4.79 Å². The highest BCUT2D eigenvalue weighted by Crippen LogP contribution is 2.32. The predicted octanol–water partition coefficient (Wildman–Crippen LogP) is 4.13. The molecule has 7 nitrogen and oxygen atoms in total. The molecule has 0 saturated heterocycles. The van der Waals surface area contributed by atoms with Crippen LogP contribution in [-0.4, -0.2) is 30.9 Å². The Bertz CT molecular complexity index is 1040. The molecule has 0 radical (unpaired) electrons. The van der Waals surface area contributed by atoms with Crippen molar-refractivity contribution in [2.24, 2.45) is 5.92 Å². The number of ether oxygens (including phenoxy) is 2. The van der Waals surface area contributed by atoms with Crippen LogP contribution in [0.1, 0.15) is 43.0 Å². The van der Waals surface area contributed by atoms with E-state index in [1.807, 2.05) is 24.3 Å². The highest BCUT2D eigenvalue weighted by atomic mass is 16.5. The van der Waals surface area contributed by atoms with Gasteiger partial charge >= 0.3 is 5.97 Å². The quantitative estimate of drug-likeness (QED) is 0.508. The number of nitrogens with zero attached hydrogens (tertiary/aromatic N) is 1. The lowest BCUT2D eigenvalue weighted by Gasteiger charge is -2.26. The first-order chi connectivity index (χ1) is 15.0. The van der Waals surface area contributed by atoms with Crippen molar-refractivity contribution in [3.05, 3.63) is 48.0 Å². The summed E-state index contributed by atoms with van der Waals surface area (Å²) < 4.78 is 10.9. The van der Waals surface area contributed by atoms with Gasteiger partial charge in [-0.3, -0.25) is 9.59 Å². The van der Waals surface area contributed by atoms with Gasteiger partial charge < -0.3 is 14.8 Å². The first kappa shape index (κ1) is 22.0. The maximum absolute atomic E-state index is 12.4. The number of nitrogens with one attached hydrogen (secondary N) is 1. The molecule has 1 fully saturated rings. The zero-order valence-electron chi connectivity index (χ0n) is 17.5. The van der Waals surface area contributed by atoms with Crippen LogP contribution in [0.15, 0.2) is 42.5 Å². The van der Waals surface area contributed by atoms with Crippen molar-refractivity contribution in [1.82, 2.24) is 0 Å². The van der Waals surface area contributed by atoms with Gasteiger partial charge in [-0.1, -0.05) is 25.1 Å². The number of rotatable bonds is 8. The molecule has 1 atom stereocenters. The Kier molecular flexibility index (Phi) is 7.03. The molecule has 1 saturated carbocycles. The monoisotopic (exact) mass is 420 g/mol. The lowest BCUT2D eigenvalue weighted by atomic mass is 9.96. The summed E-state index contributed by atoms with van der Waals surface area (Å²) in [6.45, 7) is 1.59. The molecule has 0 bridgehead atoms. The number of hydrogen-bond acceptors (Lipinski definition) is 6. The van der Waals surface area contributed by atoms with Gasteiger partial charge in [0.1, 0.15) is 5.75 Å². The number of anilines is 1. The highest BCUT2D eigenvalue weighted by Gasteiger charge is 2.25. The molecule has 7 heteroatoms. The van der Waals surface area contributed by atoms with E-state index in [9.17, 15) is 14.4 Å². The van der Waals surface area contributed by atoms with Crippen LogP contribution in [0.2, 0.25) is 0 Å². The van der Waals surface area contributed by atoms with Gasteiger partial charge in [0.2, 0.25) is 5.91 Å². The molecule has 3 rings (SSSR count). The lowest BCUT2D eigenvalue weighted by molar-refractivity contribution is -0.128. The number of carbonyl (C=O) groups is 3. The summed E-state index contributed by atoms with van der Waals surface area (Å²) in [4.78, 5) is 36.6. The summed E-state index contributed by atoms with van der Waals surface area (Å²) in [7, 11) is 1.28. The lowest BCUT2D eigenvalue weighted by Crippen LogP contribution is -2.28. The number of hydrogen-bond donors (Lipinski definition) is 1. The van der Waals surface area contributed by atoms with E-state index in [2.05, 4.69) is 5.32 Å². The summed E-state index contributed by atoms with van der Waals surface area (Å²) >= 11 is 0. The van der Waals surface area contributed by atoms with Gasteiger partial charge in [0.25, 0.3) is 0 Å². The van der Waals surface area contributed by atoms with Crippen LogP contribution in [0.3, 0.4) is 0 Å². The van der Waals surface area contributed by atoms with E-state index in [0.29, 0.717) is 11.3 Å². The second kappa shape index (κ2) is 9.90. The zero-order chi connectivity index (χ0) is 22.4. The third-order valence-electron chi connectivity index (χ3n) is 5.25. The van der Waals surface area contributed by atoms with Gasteiger partial charge in [-0.05, 0) is 54.7 Å². The number of ketones is 1. The summed E-state index contributed by atoms with van der Waals surface area (Å²) in [5.74, 6) is -2.43. The Morgan fingerprint density at radius 1 is 1.19 bits per heavy atom. The highest BCUT2D eigenvalue weighted by molar-refractivity contribution is 6.10. The summed E-state index contributed by atoms with van der Waals surface area (Å²) in [6.07, 6.45) is 3.55. The number of amides is 1. The van der Waals surface area contributed by atoms with Crippen molar-refractivity contribution in [3.8, 4) is 22.9 Å². The van der Waals surface area contributed by atoms with Gasteiger partial charge in [-0.2, -0.15) is 5.26 Å². The standard InChI is InChI=1S/C24H24N2O5/c1-3-22(27)21(14-25)23(28)26-16-10-11-19(20(13-16)24(29)30-2)15-6-4-9-18(12-15)31-17-7-5-8-17/h4,6,9-13,17,21H,3,5,7-8H2,1-2H3,(H,26,28). The van der Waals surface area contributed by atoms with Crippen LogP contribution in [0.5, 0.6) is 5.75 Å². The fourth-order valence-corrected chi connectivity index (χ4v) is 3.27. The molecule has 2 aromatic rings. The zero-order valence-corrected chi connectivity index (χ0v) is 17.5. The molecule has 160 valence electrons. The fraction of sp³-hybridized carbons (Fsp3) is 0.333. The van der Waals surface area contributed by atoms with E-state index < -0.39 is 23.6 Å². The molecule has 0 aliphatic heterocycles. The second-order valence-corrected chi connectivity index (χ2v) is 7.32. The predicted molar refractivity (Wildman–Crippen MR) is 115 cm³/mol. The van der Waals surface area contributed by atoms with Crippen molar-refractivity contribution in [2.75, 3.05) is 12.4 Å². The minimum atomic E-state index is -1.40. The van der Waals surface area contributed by atoms with Gasteiger partial charge in [0, 0.05) is 12.1 Å². The van der Waals surface area contributed by atoms with Gasteiger partial charge in [0.15, 0.2) is 11.7 Å². The van der Waals surface area contributed by atoms with E-state index in [1.165, 1.54) is 19.6 Å². The second-order valence-electron chi connectivity index (χ2n) is 7.32. The van der Waals surface area contributed by atoms with Crippen molar-refractivity contribution < 1.29 is 23.9 Å². The maximum Gasteiger partial charge on any atom is 0.338 e. The molecule has 0 heterocycles. The summed E-state index contributed by atoms with van der Waals surface area (Å²) in [6, 6.07) is 14.0. The topological polar surface area (TPSA) is 105 Å². The van der Waals surface area contributed by atoms with Crippen LogP contribution >= 0.6 is 0 Å². The molecule has 0 aromatic heterocycles. The van der Waals surface area contributed by atoms with Crippen LogP contribution in [0.25, 0.3) is 11.1 Å². The van der Waals surface area contributed by atoms with Gasteiger partial charge in [0.05, 0.1) is 24.8 Å². The average molecular weight is 420 g/mol. The normalized spacial score (nSPS) is 14.0. The number of methoxy groups -OCH3 is 1. The van der Waals surface area contributed by atoms with Crippen molar-refractivity contribution in [1.29, 1.82) is 5.26 Å². The third-order valence-corrected chi connectivity index (χ3v) is 5.25. The van der Waals surface area contributed by atoms with Crippen LogP contribution < -0.4 is 10.1 Å². The van der Waals surface area contributed by atoms with Crippen LogP contribution in [0, 0.1) is 17.2 Å². The van der Waals surface area contributed by atoms with Crippen molar-refractivity contribution in [2.45, 2.75) is 38.7 Å². The Morgan fingerprint density at radius 3 is 2.58 bits per heavy atom. The number of Topliss-reactive ketones (excluding diaryl/α,β-unsaturated/α-hetero) is 1. The Labute approximate surface area is 181 Å². The first-order valence-corrected chi connectivity index (χ1v) is 10.2. The molecule has 0 spiro atoms. The number of esters is 1. The molecule has 1 aliphatic carbocycles. The summed E-state index contributed by atoms with van der Waals surface area (Å²) in [5.41, 5.74) is 1.92. The Morgan fingerprint density at radius 2 is 1.97 bits per heavy atom. The minimum Gasteiger partial charge on any atom is -0.490 e. The largest absolute Gasteiger partial charge is 0.490 e. The van der Waals surface area contributed by atoms with Crippen molar-refractivity contribution >= 4 is 23.3 Å². The van der Waals surface area contributed by atoms with E-state index in [-0.39, 0.29) is 18.1 Å². The number of benzene rings is 2. The molecule has 1 amide bonds. The molecular formula is C24H24N2O5. The van der Waals surface area contributed by atoms with E-state index in [1.54, 1.807) is 25.1 Å². The Hall–Kier alpha value is -3.66. The average Bonchev–Trinajstić information content (AvgIpc) is 2.76. The van der Waals surface area contributed by atoms with E-state index >= 15 is 0 Å². The molecule has 1 aliphatic rings. The SMILES string of the molecule is CCC(=O)C(C#N)C(=O)Nc1ccc(-c2cccc(OC3CCC3)c2)c(C(=O)OC)c1. The molecule has 31 heavy (non-hydrogen) atoms.